The zero-order chi connectivity index (χ0) is 20.3. The molecule has 1 amide bonds. The van der Waals surface area contributed by atoms with E-state index in [9.17, 15) is 9.59 Å². The van der Waals surface area contributed by atoms with E-state index in [0.29, 0.717) is 16.5 Å². The molecule has 3 rings (SSSR count). The topological polar surface area (TPSA) is 64.6 Å². The molecule has 6 heteroatoms. The fraction of sp³-hybridized carbons (Fsp3) is 0.455. The summed E-state index contributed by atoms with van der Waals surface area (Å²) in [5, 5.41) is 3.58. The SMILES string of the molecule is COc1ccc(CC(=O)Nc2sc3c(c2C(=O)OC(C)C)CC[C@H](C)C3)cc1. The molecule has 1 heterocycles. The van der Waals surface area contributed by atoms with E-state index in [1.54, 1.807) is 7.11 Å². The molecule has 2 aromatic rings. The summed E-state index contributed by atoms with van der Waals surface area (Å²) in [4.78, 5) is 26.5. The third kappa shape index (κ3) is 4.73. The predicted molar refractivity (Wildman–Crippen MR) is 111 cm³/mol. The molecule has 1 aromatic heterocycles. The number of hydrogen-bond acceptors (Lipinski definition) is 5. The van der Waals surface area contributed by atoms with E-state index < -0.39 is 0 Å². The number of benzene rings is 1. The summed E-state index contributed by atoms with van der Waals surface area (Å²) in [5.41, 5.74) is 2.48. The molecule has 0 radical (unpaired) electrons. The fourth-order valence-electron chi connectivity index (χ4n) is 3.43. The number of methoxy groups -OCH3 is 1. The van der Waals surface area contributed by atoms with Crippen molar-refractivity contribution in [3.05, 3.63) is 45.8 Å². The maximum absolute atomic E-state index is 12.7. The largest absolute Gasteiger partial charge is 0.497 e. The first-order chi connectivity index (χ1) is 13.4. The highest BCUT2D eigenvalue weighted by atomic mass is 32.1. The van der Waals surface area contributed by atoms with Crippen LogP contribution in [0.25, 0.3) is 0 Å². The lowest BCUT2D eigenvalue weighted by molar-refractivity contribution is -0.115. The molecule has 28 heavy (non-hydrogen) atoms. The molecule has 0 aliphatic heterocycles. The lowest BCUT2D eigenvalue weighted by Crippen LogP contribution is -2.19. The van der Waals surface area contributed by atoms with Crippen LogP contribution < -0.4 is 10.1 Å². The second kappa shape index (κ2) is 8.78. The van der Waals surface area contributed by atoms with Crippen molar-refractivity contribution in [1.82, 2.24) is 0 Å². The van der Waals surface area contributed by atoms with Crippen LogP contribution in [0.4, 0.5) is 5.00 Å². The van der Waals surface area contributed by atoms with E-state index in [4.69, 9.17) is 9.47 Å². The summed E-state index contributed by atoms with van der Waals surface area (Å²) < 4.78 is 10.6. The minimum atomic E-state index is -0.346. The molecule has 150 valence electrons. The van der Waals surface area contributed by atoms with Crippen molar-refractivity contribution in [2.45, 2.75) is 52.6 Å². The van der Waals surface area contributed by atoms with Gasteiger partial charge in [0.25, 0.3) is 0 Å². The molecule has 0 unspecified atom stereocenters. The van der Waals surface area contributed by atoms with Gasteiger partial charge in [0.2, 0.25) is 5.91 Å². The minimum absolute atomic E-state index is 0.143. The third-order valence-corrected chi connectivity index (χ3v) is 6.01. The van der Waals surface area contributed by atoms with Gasteiger partial charge in [0.05, 0.1) is 25.2 Å². The van der Waals surface area contributed by atoms with E-state index in [2.05, 4.69) is 12.2 Å². The number of amides is 1. The highest BCUT2D eigenvalue weighted by molar-refractivity contribution is 7.17. The maximum Gasteiger partial charge on any atom is 0.341 e. The molecule has 0 saturated carbocycles. The number of ether oxygens (including phenoxy) is 2. The van der Waals surface area contributed by atoms with E-state index in [1.165, 1.54) is 16.2 Å². The first-order valence-electron chi connectivity index (χ1n) is 9.65. The molecule has 1 aliphatic rings. The van der Waals surface area contributed by atoms with Crippen molar-refractivity contribution in [3.63, 3.8) is 0 Å². The third-order valence-electron chi connectivity index (χ3n) is 4.84. The molecular weight excluding hydrogens is 374 g/mol. The Morgan fingerprint density at radius 3 is 2.61 bits per heavy atom. The summed E-state index contributed by atoms with van der Waals surface area (Å²) in [7, 11) is 1.61. The Hall–Kier alpha value is -2.34. The number of anilines is 1. The normalized spacial score (nSPS) is 15.8. The highest BCUT2D eigenvalue weighted by Gasteiger charge is 2.29. The molecular formula is C22H27NO4S. The maximum atomic E-state index is 12.7. The van der Waals surface area contributed by atoms with Gasteiger partial charge in [0.1, 0.15) is 10.8 Å². The van der Waals surface area contributed by atoms with E-state index in [1.807, 2.05) is 38.1 Å². The van der Waals surface area contributed by atoms with E-state index >= 15 is 0 Å². The van der Waals surface area contributed by atoms with Crippen molar-refractivity contribution in [1.29, 1.82) is 0 Å². The monoisotopic (exact) mass is 401 g/mol. The standard InChI is InChI=1S/C22H27NO4S/c1-13(2)27-22(25)20-17-10-5-14(3)11-18(17)28-21(20)23-19(24)12-15-6-8-16(26-4)9-7-15/h6-9,13-14H,5,10-12H2,1-4H3,(H,23,24)/t14-/m0/s1. The molecule has 5 nitrogen and oxygen atoms in total. The van der Waals surface area contributed by atoms with Gasteiger partial charge in [0, 0.05) is 4.88 Å². The number of thiophene rings is 1. The lowest BCUT2D eigenvalue weighted by Gasteiger charge is -2.18. The van der Waals surface area contributed by atoms with Crippen LogP contribution in [-0.4, -0.2) is 25.1 Å². The van der Waals surface area contributed by atoms with Crippen LogP contribution in [0.15, 0.2) is 24.3 Å². The Balaban J connectivity index is 1.81. The predicted octanol–water partition coefficient (Wildman–Crippen LogP) is 4.63. The molecule has 0 spiro atoms. The van der Waals surface area contributed by atoms with Gasteiger partial charge in [-0.2, -0.15) is 0 Å². The van der Waals surface area contributed by atoms with Gasteiger partial charge < -0.3 is 14.8 Å². The zero-order valence-electron chi connectivity index (χ0n) is 16.8. The number of nitrogens with one attached hydrogen (secondary N) is 1. The number of esters is 1. The number of fused-ring (bicyclic) bond motifs is 1. The smallest absolute Gasteiger partial charge is 0.341 e. The summed E-state index contributed by atoms with van der Waals surface area (Å²) in [6, 6.07) is 7.40. The van der Waals surface area contributed by atoms with Crippen LogP contribution in [0, 0.1) is 5.92 Å². The van der Waals surface area contributed by atoms with Gasteiger partial charge in [0.15, 0.2) is 0 Å². The summed E-state index contributed by atoms with van der Waals surface area (Å²) >= 11 is 1.51. The average molecular weight is 402 g/mol. The average Bonchev–Trinajstić information content (AvgIpc) is 2.98. The Morgan fingerprint density at radius 1 is 1.25 bits per heavy atom. The highest BCUT2D eigenvalue weighted by Crippen LogP contribution is 2.40. The fourth-order valence-corrected chi connectivity index (χ4v) is 4.84. The van der Waals surface area contributed by atoms with E-state index in [0.717, 1.165) is 36.1 Å². The van der Waals surface area contributed by atoms with Crippen LogP contribution in [0.5, 0.6) is 5.75 Å². The Morgan fingerprint density at radius 2 is 1.96 bits per heavy atom. The quantitative estimate of drug-likeness (QED) is 0.717. The lowest BCUT2D eigenvalue weighted by atomic mass is 9.88. The van der Waals surface area contributed by atoms with Gasteiger partial charge in [-0.1, -0.05) is 19.1 Å². The van der Waals surface area contributed by atoms with Crippen LogP contribution in [0.3, 0.4) is 0 Å². The van der Waals surface area contributed by atoms with Gasteiger partial charge in [-0.3, -0.25) is 4.79 Å². The van der Waals surface area contributed by atoms with Crippen molar-refractivity contribution in [2.24, 2.45) is 5.92 Å². The molecule has 1 N–H and O–H groups in total. The van der Waals surface area contributed by atoms with Crippen LogP contribution in [-0.2, 0) is 28.8 Å². The zero-order valence-corrected chi connectivity index (χ0v) is 17.7. The second-order valence-electron chi connectivity index (χ2n) is 7.58. The number of rotatable bonds is 6. The molecule has 1 aliphatic carbocycles. The Kier molecular flexibility index (Phi) is 6.39. The minimum Gasteiger partial charge on any atom is -0.497 e. The van der Waals surface area contributed by atoms with Crippen LogP contribution in [0.1, 0.15) is 53.6 Å². The van der Waals surface area contributed by atoms with Crippen molar-refractivity contribution >= 4 is 28.2 Å². The van der Waals surface area contributed by atoms with Crippen LogP contribution in [0.2, 0.25) is 0 Å². The second-order valence-corrected chi connectivity index (χ2v) is 8.69. The Bertz CT molecular complexity index is 854. The number of carbonyl (C=O) groups is 2. The van der Waals surface area contributed by atoms with Gasteiger partial charge >= 0.3 is 5.97 Å². The molecule has 0 saturated heterocycles. The van der Waals surface area contributed by atoms with Crippen molar-refractivity contribution < 1.29 is 19.1 Å². The molecule has 0 bridgehead atoms. The van der Waals surface area contributed by atoms with Gasteiger partial charge in [-0.25, -0.2) is 4.79 Å². The van der Waals surface area contributed by atoms with Crippen molar-refractivity contribution in [3.8, 4) is 5.75 Å². The van der Waals surface area contributed by atoms with E-state index in [-0.39, 0.29) is 24.4 Å². The van der Waals surface area contributed by atoms with Crippen LogP contribution >= 0.6 is 11.3 Å². The van der Waals surface area contributed by atoms with Gasteiger partial charge in [-0.05, 0) is 62.3 Å². The summed E-state index contributed by atoms with van der Waals surface area (Å²) in [6.07, 6.45) is 2.88. The summed E-state index contributed by atoms with van der Waals surface area (Å²) in [5.74, 6) is 0.850. The molecule has 1 atom stereocenters. The van der Waals surface area contributed by atoms with Gasteiger partial charge in [-0.15, -0.1) is 11.3 Å². The molecule has 1 aromatic carbocycles. The number of hydrogen-bond donors (Lipinski definition) is 1. The van der Waals surface area contributed by atoms with Crippen molar-refractivity contribution in [2.75, 3.05) is 12.4 Å². The summed E-state index contributed by atoms with van der Waals surface area (Å²) in [6.45, 7) is 5.89. The first kappa shape index (κ1) is 20.4. The first-order valence-corrected chi connectivity index (χ1v) is 10.5. The molecule has 0 fully saturated rings. The number of carbonyl (C=O) groups excluding carboxylic acids is 2. The Labute approximate surface area is 170 Å².